The van der Waals surface area contributed by atoms with Gasteiger partial charge in [-0.05, 0) is 36.4 Å². The lowest BCUT2D eigenvalue weighted by atomic mass is 10.2. The number of hydrogen-bond donors (Lipinski definition) is 3. The molecule has 7 nitrogen and oxygen atoms in total. The van der Waals surface area contributed by atoms with Crippen molar-refractivity contribution in [3.05, 3.63) is 77.1 Å². The van der Waals surface area contributed by atoms with Crippen LogP contribution in [0.25, 0.3) is 5.69 Å². The number of aliphatic hydroxyl groups is 1. The number of hydrogen-bond acceptors (Lipinski definition) is 4. The molecule has 0 aliphatic heterocycles. The molecule has 3 rings (SSSR count). The molecule has 0 saturated carbocycles. The fourth-order valence-corrected chi connectivity index (χ4v) is 2.85. The second-order valence-electron chi connectivity index (χ2n) is 6.80. The number of carbonyl (C=O) groups is 1. The van der Waals surface area contributed by atoms with Gasteiger partial charge in [0.25, 0.3) is 0 Å². The van der Waals surface area contributed by atoms with Crippen molar-refractivity contribution in [2.45, 2.75) is 19.3 Å². The van der Waals surface area contributed by atoms with E-state index in [1.54, 1.807) is 0 Å². The lowest BCUT2D eigenvalue weighted by Crippen LogP contribution is -2.29. The van der Waals surface area contributed by atoms with Crippen LogP contribution < -0.4 is 10.6 Å². The van der Waals surface area contributed by atoms with Crippen LogP contribution in [-0.4, -0.2) is 34.1 Å². The van der Waals surface area contributed by atoms with Gasteiger partial charge in [0.2, 0.25) is 0 Å². The highest BCUT2D eigenvalue weighted by atomic mass is 19.4. The third kappa shape index (κ3) is 6.49. The molecule has 2 aromatic carbocycles. The van der Waals surface area contributed by atoms with Gasteiger partial charge in [-0.2, -0.15) is 18.3 Å². The van der Waals surface area contributed by atoms with E-state index in [1.807, 2.05) is 0 Å². The van der Waals surface area contributed by atoms with E-state index in [0.717, 1.165) is 28.9 Å². The van der Waals surface area contributed by atoms with Crippen molar-refractivity contribution in [2.24, 2.45) is 0 Å². The van der Waals surface area contributed by atoms with E-state index in [9.17, 15) is 26.7 Å². The quantitative estimate of drug-likeness (QED) is 0.343. The molecule has 0 bridgehead atoms. The summed E-state index contributed by atoms with van der Waals surface area (Å²) >= 11 is 0. The van der Waals surface area contributed by atoms with Crippen LogP contribution in [0.2, 0.25) is 0 Å². The molecular formula is C21H19F5N4O3. The number of ether oxygens (including phenoxy) is 1. The zero-order chi connectivity index (χ0) is 24.0. The molecule has 0 fully saturated rings. The molecular weight excluding hydrogens is 451 g/mol. The van der Waals surface area contributed by atoms with E-state index in [2.05, 4.69) is 15.7 Å². The van der Waals surface area contributed by atoms with Gasteiger partial charge in [0.05, 0.1) is 37.7 Å². The standard InChI is InChI=1S/C21H19F5N4O3/c22-14-2-1-3-16(8-14)30-17(10-19(29-30)21(24,25)26)11-27-20(32)28-15-5-4-13(18(23)9-15)12-33-7-6-31/h1-5,8-10,31H,6-7,11-12H2,(H2,27,28,32). The maximum atomic E-state index is 14.1. The van der Waals surface area contributed by atoms with Crippen LogP contribution in [0.15, 0.2) is 48.5 Å². The average Bonchev–Trinajstić information content (AvgIpc) is 3.19. The first-order valence-electron chi connectivity index (χ1n) is 9.61. The summed E-state index contributed by atoms with van der Waals surface area (Å²) in [6.45, 7) is -0.598. The van der Waals surface area contributed by atoms with Crippen LogP contribution in [-0.2, 0) is 24.1 Å². The van der Waals surface area contributed by atoms with Crippen LogP contribution in [0.5, 0.6) is 0 Å². The predicted octanol–water partition coefficient (Wildman–Crippen LogP) is 4.00. The number of nitrogens with zero attached hydrogens (tertiary/aromatic N) is 2. The first-order chi connectivity index (χ1) is 15.7. The Morgan fingerprint density at radius 1 is 1.12 bits per heavy atom. The van der Waals surface area contributed by atoms with Gasteiger partial charge >= 0.3 is 12.2 Å². The number of amides is 2. The number of aromatic nitrogens is 2. The number of anilines is 1. The van der Waals surface area contributed by atoms with Crippen molar-refractivity contribution < 1.29 is 36.6 Å². The summed E-state index contributed by atoms with van der Waals surface area (Å²) in [4.78, 5) is 12.2. The predicted molar refractivity (Wildman–Crippen MR) is 108 cm³/mol. The van der Waals surface area contributed by atoms with Gasteiger partial charge < -0.3 is 20.5 Å². The Bertz CT molecular complexity index is 1120. The van der Waals surface area contributed by atoms with Gasteiger partial charge in [0, 0.05) is 11.3 Å². The minimum atomic E-state index is -4.74. The first kappa shape index (κ1) is 24.1. The molecule has 0 aliphatic carbocycles. The number of halogens is 5. The van der Waals surface area contributed by atoms with Crippen molar-refractivity contribution in [2.75, 3.05) is 18.5 Å². The monoisotopic (exact) mass is 470 g/mol. The topological polar surface area (TPSA) is 88.4 Å². The molecule has 12 heteroatoms. The number of carbonyl (C=O) groups excluding carboxylic acids is 1. The first-order valence-corrected chi connectivity index (χ1v) is 9.61. The van der Waals surface area contributed by atoms with Crippen LogP contribution in [0.4, 0.5) is 32.4 Å². The fourth-order valence-electron chi connectivity index (χ4n) is 2.85. The lowest BCUT2D eigenvalue weighted by molar-refractivity contribution is -0.141. The summed E-state index contributed by atoms with van der Waals surface area (Å²) in [5, 5.41) is 16.9. The molecule has 0 aliphatic rings. The van der Waals surface area contributed by atoms with Crippen LogP contribution >= 0.6 is 0 Å². The van der Waals surface area contributed by atoms with Crippen molar-refractivity contribution in [1.29, 1.82) is 0 Å². The molecule has 0 atom stereocenters. The van der Waals surface area contributed by atoms with Crippen molar-refractivity contribution >= 4 is 11.7 Å². The van der Waals surface area contributed by atoms with Crippen molar-refractivity contribution in [3.8, 4) is 5.69 Å². The minimum absolute atomic E-state index is 0.0452. The van der Waals surface area contributed by atoms with Gasteiger partial charge in [-0.15, -0.1) is 0 Å². The smallest absolute Gasteiger partial charge is 0.394 e. The van der Waals surface area contributed by atoms with Crippen molar-refractivity contribution in [3.63, 3.8) is 0 Å². The molecule has 1 heterocycles. The molecule has 3 N–H and O–H groups in total. The average molecular weight is 470 g/mol. The number of alkyl halides is 3. The second-order valence-corrected chi connectivity index (χ2v) is 6.80. The molecule has 2 amide bonds. The van der Waals surface area contributed by atoms with Gasteiger partial charge in [-0.1, -0.05) is 12.1 Å². The molecule has 0 unspecified atom stereocenters. The van der Waals surface area contributed by atoms with Gasteiger partial charge in [0.1, 0.15) is 11.6 Å². The maximum absolute atomic E-state index is 14.1. The molecule has 0 radical (unpaired) electrons. The third-order valence-electron chi connectivity index (χ3n) is 4.36. The Balaban J connectivity index is 1.69. The van der Waals surface area contributed by atoms with E-state index >= 15 is 0 Å². The molecule has 0 spiro atoms. The third-order valence-corrected chi connectivity index (χ3v) is 4.36. The summed E-state index contributed by atoms with van der Waals surface area (Å²) < 4.78 is 72.9. The fraction of sp³-hybridized carbons (Fsp3) is 0.238. The zero-order valence-corrected chi connectivity index (χ0v) is 17.0. The zero-order valence-electron chi connectivity index (χ0n) is 17.0. The number of nitrogens with one attached hydrogen (secondary N) is 2. The summed E-state index contributed by atoms with van der Waals surface area (Å²) in [7, 11) is 0. The second kappa shape index (κ2) is 10.4. The van der Waals surface area contributed by atoms with Crippen molar-refractivity contribution in [1.82, 2.24) is 15.1 Å². The van der Waals surface area contributed by atoms with Crippen LogP contribution in [0.3, 0.4) is 0 Å². The lowest BCUT2D eigenvalue weighted by Gasteiger charge is -2.11. The van der Waals surface area contributed by atoms with Gasteiger partial charge in [-0.25, -0.2) is 18.3 Å². The number of aliphatic hydroxyl groups excluding tert-OH is 1. The van der Waals surface area contributed by atoms with Crippen LogP contribution in [0, 0.1) is 11.6 Å². The summed E-state index contributed by atoms with van der Waals surface area (Å²) in [6, 6.07) is 8.61. The highest BCUT2D eigenvalue weighted by Crippen LogP contribution is 2.29. The van der Waals surface area contributed by atoms with Gasteiger partial charge in [-0.3, -0.25) is 0 Å². The Kier molecular flexibility index (Phi) is 7.61. The highest BCUT2D eigenvalue weighted by Gasteiger charge is 2.35. The number of urea groups is 1. The largest absolute Gasteiger partial charge is 0.435 e. The molecule has 3 aromatic rings. The number of rotatable bonds is 8. The van der Waals surface area contributed by atoms with E-state index in [1.165, 1.54) is 24.3 Å². The summed E-state index contributed by atoms with van der Waals surface area (Å²) in [6.07, 6.45) is -4.74. The Morgan fingerprint density at radius 2 is 1.91 bits per heavy atom. The Morgan fingerprint density at radius 3 is 2.58 bits per heavy atom. The Hall–Kier alpha value is -3.51. The SMILES string of the molecule is O=C(NCc1cc(C(F)(F)F)nn1-c1cccc(F)c1)Nc1ccc(COCCO)c(F)c1. The van der Waals surface area contributed by atoms with E-state index < -0.39 is 29.5 Å². The normalized spacial score (nSPS) is 11.5. The maximum Gasteiger partial charge on any atom is 0.435 e. The summed E-state index contributed by atoms with van der Waals surface area (Å²) in [5.74, 6) is -1.31. The highest BCUT2D eigenvalue weighted by molar-refractivity contribution is 5.89. The minimum Gasteiger partial charge on any atom is -0.394 e. The molecule has 0 saturated heterocycles. The van der Waals surface area contributed by atoms with E-state index in [4.69, 9.17) is 9.84 Å². The molecule has 1 aromatic heterocycles. The van der Waals surface area contributed by atoms with Gasteiger partial charge in [0.15, 0.2) is 5.69 Å². The summed E-state index contributed by atoms with van der Waals surface area (Å²) in [5.41, 5.74) is -0.891. The van der Waals surface area contributed by atoms with Crippen LogP contribution in [0.1, 0.15) is 17.0 Å². The number of benzene rings is 2. The molecule has 33 heavy (non-hydrogen) atoms. The van der Waals surface area contributed by atoms with E-state index in [0.29, 0.717) is 0 Å². The van der Waals surface area contributed by atoms with E-state index in [-0.39, 0.29) is 49.0 Å². The Labute approximate surface area is 184 Å². The molecule has 176 valence electrons.